The lowest BCUT2D eigenvalue weighted by atomic mass is 10.1. The van der Waals surface area contributed by atoms with Crippen LogP contribution in [-0.4, -0.2) is 36.1 Å². The highest BCUT2D eigenvalue weighted by Gasteiger charge is 2.26. The summed E-state index contributed by atoms with van der Waals surface area (Å²) >= 11 is 0. The van der Waals surface area contributed by atoms with Gasteiger partial charge in [0.1, 0.15) is 11.4 Å². The lowest BCUT2D eigenvalue weighted by Gasteiger charge is -2.15. The summed E-state index contributed by atoms with van der Waals surface area (Å²) < 4.78 is 7.46. The summed E-state index contributed by atoms with van der Waals surface area (Å²) in [6.45, 7) is 3.71. The summed E-state index contributed by atoms with van der Waals surface area (Å²) in [5.74, 6) is 0.980. The van der Waals surface area contributed by atoms with Gasteiger partial charge in [0, 0.05) is 31.0 Å². The van der Waals surface area contributed by atoms with Crippen LogP contribution in [0.4, 0.5) is 0 Å². The number of fused-ring (bicyclic) bond motifs is 3. The van der Waals surface area contributed by atoms with Crippen LogP contribution >= 0.6 is 0 Å². The minimum absolute atomic E-state index is 0.134. The summed E-state index contributed by atoms with van der Waals surface area (Å²) in [4.78, 5) is 14.4. The maximum absolute atomic E-state index is 12.6. The first-order valence-electron chi connectivity index (χ1n) is 7.12. The summed E-state index contributed by atoms with van der Waals surface area (Å²) in [5, 5.41) is 1.16. The Labute approximate surface area is 118 Å². The number of rotatable bonds is 2. The number of hydrogen-bond donors (Lipinski definition) is 0. The molecule has 0 atom stereocenters. The van der Waals surface area contributed by atoms with Crippen LogP contribution < -0.4 is 4.74 Å². The predicted molar refractivity (Wildman–Crippen MR) is 79.4 cm³/mol. The Kier molecular flexibility index (Phi) is 3.16. The molecule has 0 saturated carbocycles. The quantitative estimate of drug-likeness (QED) is 0.842. The zero-order valence-electron chi connectivity index (χ0n) is 12.3. The molecule has 1 aromatic heterocycles. The molecule has 1 amide bonds. The van der Waals surface area contributed by atoms with Crippen LogP contribution in [0.3, 0.4) is 0 Å². The summed E-state index contributed by atoms with van der Waals surface area (Å²) in [6.07, 6.45) is 1.96. The first-order valence-corrected chi connectivity index (χ1v) is 7.12. The molecule has 4 heteroatoms. The van der Waals surface area contributed by atoms with Gasteiger partial charge in [0.15, 0.2) is 0 Å². The third kappa shape index (κ3) is 1.79. The van der Waals surface area contributed by atoms with E-state index in [0.29, 0.717) is 0 Å². The van der Waals surface area contributed by atoms with Crippen molar-refractivity contribution in [1.82, 2.24) is 9.47 Å². The van der Waals surface area contributed by atoms with Crippen LogP contribution in [-0.2, 0) is 13.0 Å². The second kappa shape index (κ2) is 4.85. The van der Waals surface area contributed by atoms with Gasteiger partial charge in [-0.05, 0) is 43.5 Å². The number of nitrogens with zero attached hydrogens (tertiary/aromatic N) is 2. The summed E-state index contributed by atoms with van der Waals surface area (Å²) in [6, 6.07) is 6.07. The zero-order valence-corrected chi connectivity index (χ0v) is 12.3. The highest BCUT2D eigenvalue weighted by atomic mass is 16.5. The minimum Gasteiger partial charge on any atom is -0.497 e. The molecule has 1 aliphatic heterocycles. The largest absolute Gasteiger partial charge is 0.497 e. The van der Waals surface area contributed by atoms with Gasteiger partial charge in [0.25, 0.3) is 5.91 Å². The van der Waals surface area contributed by atoms with Crippen LogP contribution in [0.1, 0.15) is 29.4 Å². The number of hydrogen-bond acceptors (Lipinski definition) is 2. The van der Waals surface area contributed by atoms with Gasteiger partial charge in [0.2, 0.25) is 0 Å². The summed E-state index contributed by atoms with van der Waals surface area (Å²) in [5.41, 5.74) is 3.16. The Bertz CT molecular complexity index is 673. The average Bonchev–Trinajstić information content (AvgIpc) is 2.70. The van der Waals surface area contributed by atoms with Crippen molar-refractivity contribution in [3.63, 3.8) is 0 Å². The average molecular weight is 272 g/mol. The molecule has 0 N–H and O–H groups in total. The topological polar surface area (TPSA) is 34.5 Å². The second-order valence-corrected chi connectivity index (χ2v) is 5.28. The Morgan fingerprint density at radius 2 is 2.15 bits per heavy atom. The van der Waals surface area contributed by atoms with Crippen molar-refractivity contribution in [2.75, 3.05) is 20.7 Å². The van der Waals surface area contributed by atoms with E-state index in [0.717, 1.165) is 48.3 Å². The highest BCUT2D eigenvalue weighted by Crippen LogP contribution is 2.32. The van der Waals surface area contributed by atoms with Crippen LogP contribution in [0.2, 0.25) is 0 Å². The third-order valence-electron chi connectivity index (χ3n) is 4.16. The number of benzene rings is 1. The van der Waals surface area contributed by atoms with Crippen molar-refractivity contribution in [3.05, 3.63) is 29.5 Å². The molecule has 0 bridgehead atoms. The molecule has 106 valence electrons. The molecular formula is C16H20N2O2. The lowest BCUT2D eigenvalue weighted by molar-refractivity contribution is 0.0790. The van der Waals surface area contributed by atoms with Gasteiger partial charge in [0.05, 0.1) is 7.11 Å². The van der Waals surface area contributed by atoms with Crippen LogP contribution in [0.15, 0.2) is 18.2 Å². The van der Waals surface area contributed by atoms with E-state index < -0.39 is 0 Å². The van der Waals surface area contributed by atoms with E-state index >= 15 is 0 Å². The molecule has 0 radical (unpaired) electrons. The van der Waals surface area contributed by atoms with Crippen molar-refractivity contribution in [3.8, 4) is 5.75 Å². The number of aryl methyl sites for hydroxylation is 2. The molecule has 0 saturated heterocycles. The van der Waals surface area contributed by atoms with Crippen molar-refractivity contribution < 1.29 is 9.53 Å². The zero-order chi connectivity index (χ0) is 14.3. The van der Waals surface area contributed by atoms with Crippen molar-refractivity contribution in [1.29, 1.82) is 0 Å². The van der Waals surface area contributed by atoms with Gasteiger partial charge in [-0.2, -0.15) is 0 Å². The molecule has 0 aliphatic carbocycles. The van der Waals surface area contributed by atoms with Crippen molar-refractivity contribution in [2.24, 2.45) is 0 Å². The van der Waals surface area contributed by atoms with Crippen LogP contribution in [0, 0.1) is 0 Å². The smallest absolute Gasteiger partial charge is 0.270 e. The second-order valence-electron chi connectivity index (χ2n) is 5.28. The Morgan fingerprint density at radius 3 is 2.85 bits per heavy atom. The monoisotopic (exact) mass is 272 g/mol. The molecule has 1 aliphatic rings. The van der Waals surface area contributed by atoms with Crippen molar-refractivity contribution in [2.45, 2.75) is 26.3 Å². The number of aromatic nitrogens is 1. The standard InChI is InChI=1S/C16H20N2O2/c1-4-18-14-8-7-11(20-3)10-13(14)12-6-5-9-17(2)16(19)15(12)18/h7-8,10H,4-6,9H2,1-3H3. The fourth-order valence-electron chi connectivity index (χ4n) is 3.13. The minimum atomic E-state index is 0.134. The number of ether oxygens (including phenoxy) is 1. The van der Waals surface area contributed by atoms with E-state index in [1.807, 2.05) is 18.0 Å². The molecule has 2 heterocycles. The van der Waals surface area contributed by atoms with Crippen LogP contribution in [0.5, 0.6) is 5.75 Å². The SMILES string of the molecule is CCn1c2c(c3cc(OC)ccc31)CCCN(C)C2=O. The predicted octanol–water partition coefficient (Wildman–Crippen LogP) is 2.69. The van der Waals surface area contributed by atoms with E-state index in [-0.39, 0.29) is 5.91 Å². The Morgan fingerprint density at radius 1 is 1.35 bits per heavy atom. The van der Waals surface area contributed by atoms with E-state index in [1.54, 1.807) is 7.11 Å². The lowest BCUT2D eigenvalue weighted by Crippen LogP contribution is -2.28. The molecule has 1 aromatic carbocycles. The maximum Gasteiger partial charge on any atom is 0.270 e. The van der Waals surface area contributed by atoms with Crippen molar-refractivity contribution >= 4 is 16.8 Å². The summed E-state index contributed by atoms with van der Waals surface area (Å²) in [7, 11) is 3.56. The van der Waals surface area contributed by atoms with E-state index in [9.17, 15) is 4.79 Å². The first kappa shape index (κ1) is 13.0. The number of methoxy groups -OCH3 is 1. The fourth-order valence-corrected chi connectivity index (χ4v) is 3.13. The Balaban J connectivity index is 2.33. The van der Waals surface area contributed by atoms with Crippen LogP contribution in [0.25, 0.3) is 10.9 Å². The van der Waals surface area contributed by atoms with Gasteiger partial charge < -0.3 is 14.2 Å². The van der Waals surface area contributed by atoms with Gasteiger partial charge in [-0.3, -0.25) is 4.79 Å². The van der Waals surface area contributed by atoms with Gasteiger partial charge in [-0.1, -0.05) is 0 Å². The molecular weight excluding hydrogens is 252 g/mol. The molecule has 0 spiro atoms. The van der Waals surface area contributed by atoms with Gasteiger partial charge in [-0.25, -0.2) is 0 Å². The van der Waals surface area contributed by atoms with E-state index in [4.69, 9.17) is 4.74 Å². The number of carbonyl (C=O) groups excluding carboxylic acids is 1. The maximum atomic E-state index is 12.6. The van der Waals surface area contributed by atoms with E-state index in [1.165, 1.54) is 5.56 Å². The molecule has 4 nitrogen and oxygen atoms in total. The molecule has 0 fully saturated rings. The highest BCUT2D eigenvalue weighted by molar-refractivity contribution is 6.02. The molecule has 0 unspecified atom stereocenters. The number of carbonyl (C=O) groups is 1. The van der Waals surface area contributed by atoms with Gasteiger partial charge >= 0.3 is 0 Å². The normalized spacial score (nSPS) is 15.3. The third-order valence-corrected chi connectivity index (χ3v) is 4.16. The molecule has 20 heavy (non-hydrogen) atoms. The molecule has 2 aromatic rings. The van der Waals surface area contributed by atoms with Gasteiger partial charge in [-0.15, -0.1) is 0 Å². The Hall–Kier alpha value is -1.97. The molecule has 3 rings (SSSR count). The first-order chi connectivity index (χ1) is 9.67. The number of amides is 1. The fraction of sp³-hybridized carbons (Fsp3) is 0.438. The van der Waals surface area contributed by atoms with E-state index in [2.05, 4.69) is 23.6 Å².